The Morgan fingerprint density at radius 1 is 1.38 bits per heavy atom. The quantitative estimate of drug-likeness (QED) is 0.840. The number of benzene rings is 1. The van der Waals surface area contributed by atoms with Crippen molar-refractivity contribution in [3.05, 3.63) is 29.8 Å². The maximum absolute atomic E-state index is 10.0. The van der Waals surface area contributed by atoms with Crippen molar-refractivity contribution in [1.82, 2.24) is 5.32 Å². The smallest absolute Gasteiger partial charge is 0.120 e. The molecule has 2 aliphatic carbocycles. The largest absolute Gasteiger partial charge is 0.491 e. The second-order valence-electron chi connectivity index (χ2n) is 6.29. The Labute approximate surface area is 125 Å². The molecule has 1 aromatic carbocycles. The summed E-state index contributed by atoms with van der Waals surface area (Å²) in [5.41, 5.74) is 0.571. The van der Waals surface area contributed by atoms with Gasteiger partial charge in [-0.3, -0.25) is 0 Å². The number of rotatable bonds is 6. The fourth-order valence-electron chi connectivity index (χ4n) is 3.69. The predicted octanol–water partition coefficient (Wildman–Crippen LogP) is 2.08. The summed E-state index contributed by atoms with van der Waals surface area (Å²) >= 11 is 0. The Morgan fingerprint density at radius 3 is 3.00 bits per heavy atom. The van der Waals surface area contributed by atoms with Gasteiger partial charge in [0.2, 0.25) is 0 Å². The van der Waals surface area contributed by atoms with Gasteiger partial charge in [0.25, 0.3) is 0 Å². The van der Waals surface area contributed by atoms with E-state index < -0.39 is 6.10 Å². The fourth-order valence-corrected chi connectivity index (χ4v) is 3.69. The Hall–Kier alpha value is -1.57. The number of hydrogen-bond acceptors (Lipinski definition) is 4. The third-order valence-corrected chi connectivity index (χ3v) is 4.76. The van der Waals surface area contributed by atoms with Crippen LogP contribution in [0.2, 0.25) is 0 Å². The van der Waals surface area contributed by atoms with E-state index in [-0.39, 0.29) is 6.61 Å². The van der Waals surface area contributed by atoms with E-state index in [1.165, 1.54) is 25.7 Å². The van der Waals surface area contributed by atoms with Crippen LogP contribution < -0.4 is 10.1 Å². The van der Waals surface area contributed by atoms with Crippen molar-refractivity contribution < 1.29 is 9.84 Å². The Balaban J connectivity index is 1.40. The number of nitriles is 1. The average Bonchev–Trinajstić information content (AvgIpc) is 3.14. The van der Waals surface area contributed by atoms with Crippen LogP contribution in [0.15, 0.2) is 24.3 Å². The van der Waals surface area contributed by atoms with Crippen LogP contribution in [0.1, 0.15) is 31.2 Å². The molecule has 0 radical (unpaired) electrons. The van der Waals surface area contributed by atoms with Crippen LogP contribution in [0.4, 0.5) is 0 Å². The first kappa shape index (κ1) is 14.4. The molecule has 0 saturated heterocycles. The van der Waals surface area contributed by atoms with Crippen molar-refractivity contribution >= 4 is 0 Å². The van der Waals surface area contributed by atoms with E-state index in [0.717, 1.165) is 11.8 Å². The molecule has 21 heavy (non-hydrogen) atoms. The third-order valence-electron chi connectivity index (χ3n) is 4.76. The first-order chi connectivity index (χ1) is 10.2. The topological polar surface area (TPSA) is 65.3 Å². The number of aliphatic hydroxyl groups excluding tert-OH is 1. The highest BCUT2D eigenvalue weighted by molar-refractivity contribution is 5.36. The zero-order valence-corrected chi connectivity index (χ0v) is 12.2. The summed E-state index contributed by atoms with van der Waals surface area (Å²) in [5, 5.41) is 22.3. The van der Waals surface area contributed by atoms with E-state index in [1.807, 2.05) is 0 Å². The van der Waals surface area contributed by atoms with Crippen LogP contribution in [0.25, 0.3) is 0 Å². The van der Waals surface area contributed by atoms with Crippen molar-refractivity contribution in [3.63, 3.8) is 0 Å². The highest BCUT2D eigenvalue weighted by atomic mass is 16.5. The number of ether oxygens (including phenoxy) is 1. The molecule has 4 atom stereocenters. The van der Waals surface area contributed by atoms with E-state index in [9.17, 15) is 5.11 Å². The third kappa shape index (κ3) is 3.55. The van der Waals surface area contributed by atoms with Crippen molar-refractivity contribution in [2.45, 2.75) is 37.8 Å². The normalized spacial score (nSPS) is 28.3. The molecule has 2 fully saturated rings. The Morgan fingerprint density at radius 2 is 2.29 bits per heavy atom. The predicted molar refractivity (Wildman–Crippen MR) is 79.9 cm³/mol. The van der Waals surface area contributed by atoms with Crippen LogP contribution in [0.5, 0.6) is 5.75 Å². The van der Waals surface area contributed by atoms with Gasteiger partial charge < -0.3 is 15.2 Å². The zero-order chi connectivity index (χ0) is 14.7. The Kier molecular flexibility index (Phi) is 4.42. The summed E-state index contributed by atoms with van der Waals surface area (Å²) in [6, 6.07) is 9.68. The van der Waals surface area contributed by atoms with Crippen LogP contribution >= 0.6 is 0 Å². The van der Waals surface area contributed by atoms with Gasteiger partial charge in [-0.25, -0.2) is 0 Å². The minimum absolute atomic E-state index is 0.253. The van der Waals surface area contributed by atoms with Crippen LogP contribution in [-0.2, 0) is 0 Å². The van der Waals surface area contributed by atoms with Gasteiger partial charge in [0.05, 0.1) is 11.6 Å². The number of nitrogens with one attached hydrogen (secondary N) is 1. The molecule has 0 aliphatic heterocycles. The summed E-state index contributed by atoms with van der Waals surface area (Å²) in [4.78, 5) is 0. The van der Waals surface area contributed by atoms with E-state index >= 15 is 0 Å². The standard InChI is InChI=1S/C17H22N2O2/c18-9-13-2-1-3-16(7-13)21-11-15(20)10-19-17-8-12-4-5-14(17)6-12/h1-3,7,12,14-15,17,19-20H,4-6,8,10-11H2. The maximum Gasteiger partial charge on any atom is 0.120 e. The van der Waals surface area contributed by atoms with Gasteiger partial charge in [-0.05, 0) is 49.3 Å². The molecule has 4 unspecified atom stereocenters. The molecule has 2 bridgehead atoms. The van der Waals surface area contributed by atoms with Gasteiger partial charge >= 0.3 is 0 Å². The van der Waals surface area contributed by atoms with Gasteiger partial charge in [0.15, 0.2) is 0 Å². The number of fused-ring (bicyclic) bond motifs is 2. The molecule has 2 N–H and O–H groups in total. The molecule has 1 aromatic rings. The van der Waals surface area contributed by atoms with Crippen molar-refractivity contribution in [2.75, 3.05) is 13.2 Å². The first-order valence-electron chi connectivity index (χ1n) is 7.79. The molecule has 4 nitrogen and oxygen atoms in total. The van der Waals surface area contributed by atoms with Crippen molar-refractivity contribution in [3.8, 4) is 11.8 Å². The summed E-state index contributed by atoms with van der Waals surface area (Å²) in [7, 11) is 0. The molecule has 2 aliphatic rings. The minimum atomic E-state index is -0.519. The van der Waals surface area contributed by atoms with Gasteiger partial charge in [0.1, 0.15) is 18.5 Å². The van der Waals surface area contributed by atoms with Gasteiger partial charge in [-0.15, -0.1) is 0 Å². The highest BCUT2D eigenvalue weighted by Gasteiger charge is 2.39. The summed E-state index contributed by atoms with van der Waals surface area (Å²) in [5.74, 6) is 2.36. The number of hydrogen-bond donors (Lipinski definition) is 2. The van der Waals surface area contributed by atoms with Crippen LogP contribution in [0, 0.1) is 23.2 Å². The van der Waals surface area contributed by atoms with E-state index in [1.54, 1.807) is 24.3 Å². The fraction of sp³-hybridized carbons (Fsp3) is 0.588. The maximum atomic E-state index is 10.0. The van der Waals surface area contributed by atoms with Gasteiger partial charge in [-0.2, -0.15) is 5.26 Å². The zero-order valence-electron chi connectivity index (χ0n) is 12.2. The molecule has 112 valence electrons. The Bertz CT molecular complexity index is 526. The lowest BCUT2D eigenvalue weighted by Gasteiger charge is -2.24. The molecule has 0 spiro atoms. The molecular formula is C17H22N2O2. The van der Waals surface area contributed by atoms with E-state index in [2.05, 4.69) is 11.4 Å². The monoisotopic (exact) mass is 286 g/mol. The first-order valence-corrected chi connectivity index (χ1v) is 7.79. The average molecular weight is 286 g/mol. The SMILES string of the molecule is N#Cc1cccc(OCC(O)CNC2CC3CCC2C3)c1. The lowest BCUT2D eigenvalue weighted by molar-refractivity contribution is 0.101. The molecule has 0 aromatic heterocycles. The highest BCUT2D eigenvalue weighted by Crippen LogP contribution is 2.44. The van der Waals surface area contributed by atoms with Crippen molar-refractivity contribution in [1.29, 1.82) is 5.26 Å². The molecule has 4 heteroatoms. The molecule has 0 amide bonds. The lowest BCUT2D eigenvalue weighted by atomic mass is 9.95. The molecule has 0 heterocycles. The second-order valence-corrected chi connectivity index (χ2v) is 6.29. The van der Waals surface area contributed by atoms with E-state index in [4.69, 9.17) is 10.00 Å². The summed E-state index contributed by atoms with van der Waals surface area (Å²) in [6.45, 7) is 0.828. The van der Waals surface area contributed by atoms with Crippen LogP contribution in [-0.4, -0.2) is 30.4 Å². The van der Waals surface area contributed by atoms with Gasteiger partial charge in [0, 0.05) is 12.6 Å². The number of nitrogens with zero attached hydrogens (tertiary/aromatic N) is 1. The lowest BCUT2D eigenvalue weighted by Crippen LogP contribution is -2.40. The summed E-state index contributed by atoms with van der Waals surface area (Å²) < 4.78 is 5.55. The molecule has 2 saturated carbocycles. The second kappa shape index (κ2) is 6.46. The van der Waals surface area contributed by atoms with Crippen LogP contribution in [0.3, 0.4) is 0 Å². The molecule has 3 rings (SSSR count). The van der Waals surface area contributed by atoms with Crippen molar-refractivity contribution in [2.24, 2.45) is 11.8 Å². The minimum Gasteiger partial charge on any atom is -0.491 e. The van der Waals surface area contributed by atoms with E-state index in [0.29, 0.717) is 23.9 Å². The summed E-state index contributed by atoms with van der Waals surface area (Å²) in [6.07, 6.45) is 4.85. The van der Waals surface area contributed by atoms with Gasteiger partial charge in [-0.1, -0.05) is 12.5 Å². The number of aliphatic hydroxyl groups is 1. The molecular weight excluding hydrogens is 264 g/mol.